The molecule has 6 heteroatoms. The highest BCUT2D eigenvalue weighted by Crippen LogP contribution is 2.52. The number of allylic oxidation sites excluding steroid dienone is 4. The van der Waals surface area contributed by atoms with Gasteiger partial charge in [0.25, 0.3) is 0 Å². The first kappa shape index (κ1) is 23.8. The Labute approximate surface area is 183 Å². The summed E-state index contributed by atoms with van der Waals surface area (Å²) in [5.41, 5.74) is 3.66. The molecule has 0 N–H and O–H groups in total. The molecule has 0 saturated carbocycles. The number of halogens is 1. The SMILES string of the molecule is C=CCc1ccc(OP(=O)(OCl)Oc2ccc(CC=C)cc2CC=C)c(CC=C)c1. The first-order chi connectivity index (χ1) is 14.5. The predicted molar refractivity (Wildman–Crippen MR) is 124 cm³/mol. The fourth-order valence-electron chi connectivity index (χ4n) is 2.95. The average Bonchev–Trinajstić information content (AvgIpc) is 2.73. The lowest BCUT2D eigenvalue weighted by Crippen LogP contribution is -2.05. The Kier molecular flexibility index (Phi) is 9.19. The van der Waals surface area contributed by atoms with E-state index in [2.05, 4.69) is 30.4 Å². The Morgan fingerprint density at radius 2 is 1.13 bits per heavy atom. The van der Waals surface area contributed by atoms with Crippen LogP contribution in [-0.2, 0) is 34.3 Å². The van der Waals surface area contributed by atoms with Crippen molar-refractivity contribution in [2.45, 2.75) is 25.7 Å². The van der Waals surface area contributed by atoms with E-state index in [9.17, 15) is 4.57 Å². The molecule has 0 amide bonds. The molecule has 0 spiro atoms. The van der Waals surface area contributed by atoms with Gasteiger partial charge in [0, 0.05) is 0 Å². The van der Waals surface area contributed by atoms with E-state index in [-0.39, 0.29) is 0 Å². The third-order valence-corrected chi connectivity index (χ3v) is 5.76. The highest BCUT2D eigenvalue weighted by molar-refractivity contribution is 7.50. The van der Waals surface area contributed by atoms with Gasteiger partial charge in [0.1, 0.15) is 11.5 Å². The zero-order chi connectivity index (χ0) is 22.0. The number of benzene rings is 2. The molecule has 0 aliphatic heterocycles. The van der Waals surface area contributed by atoms with Crippen LogP contribution in [0.1, 0.15) is 22.3 Å². The van der Waals surface area contributed by atoms with Gasteiger partial charge in [-0.1, -0.05) is 48.6 Å². The van der Waals surface area contributed by atoms with Crippen LogP contribution in [0.25, 0.3) is 0 Å². The van der Waals surface area contributed by atoms with Crippen molar-refractivity contribution in [1.82, 2.24) is 0 Å². The summed E-state index contributed by atoms with van der Waals surface area (Å²) in [5, 5.41) is 0. The molecular weight excluding hydrogens is 419 g/mol. The Balaban J connectivity index is 2.35. The molecule has 158 valence electrons. The van der Waals surface area contributed by atoms with E-state index in [1.165, 1.54) is 0 Å². The maximum Gasteiger partial charge on any atom is 0.604 e. The zero-order valence-corrected chi connectivity index (χ0v) is 18.5. The monoisotopic (exact) mass is 444 g/mol. The van der Waals surface area contributed by atoms with Crippen LogP contribution in [-0.4, -0.2) is 0 Å². The lowest BCUT2D eigenvalue weighted by Gasteiger charge is -2.19. The number of hydrogen-bond donors (Lipinski definition) is 0. The van der Waals surface area contributed by atoms with Crippen LogP contribution in [0.2, 0.25) is 0 Å². The van der Waals surface area contributed by atoms with Crippen molar-refractivity contribution in [2.75, 3.05) is 0 Å². The van der Waals surface area contributed by atoms with Gasteiger partial charge >= 0.3 is 7.82 Å². The summed E-state index contributed by atoms with van der Waals surface area (Å²) in [4.78, 5) is 0. The second-order valence-corrected chi connectivity index (χ2v) is 8.37. The summed E-state index contributed by atoms with van der Waals surface area (Å²) in [6.07, 6.45) is 9.50. The van der Waals surface area contributed by atoms with Crippen LogP contribution in [0, 0.1) is 0 Å². The van der Waals surface area contributed by atoms with Crippen LogP contribution in [0.3, 0.4) is 0 Å². The summed E-state index contributed by atoms with van der Waals surface area (Å²) in [5.74, 6) is 0.695. The smallest absolute Gasteiger partial charge is 0.394 e. The quantitative estimate of drug-likeness (QED) is 0.239. The molecular formula is C24H26ClO4P. The van der Waals surface area contributed by atoms with Gasteiger partial charge in [0.2, 0.25) is 0 Å². The number of rotatable bonds is 13. The minimum absolute atomic E-state index is 0.347. The molecule has 0 aliphatic carbocycles. The van der Waals surface area contributed by atoms with Gasteiger partial charge in [-0.3, -0.25) is 0 Å². The largest absolute Gasteiger partial charge is 0.604 e. The predicted octanol–water partition coefficient (Wildman–Crippen LogP) is 7.34. The second kappa shape index (κ2) is 11.6. The third-order valence-electron chi connectivity index (χ3n) is 4.24. The van der Waals surface area contributed by atoms with Crippen LogP contribution in [0.15, 0.2) is 87.0 Å². The summed E-state index contributed by atoms with van der Waals surface area (Å²) >= 11 is 5.55. The van der Waals surface area contributed by atoms with Gasteiger partial charge in [0.05, 0.1) is 11.9 Å². The molecule has 2 aromatic carbocycles. The Hall–Kier alpha value is -2.52. The molecule has 0 aliphatic rings. The molecule has 2 rings (SSSR count). The average molecular weight is 445 g/mol. The minimum atomic E-state index is -4.15. The standard InChI is InChI=1S/C24H26ClO4P/c1-5-9-19-13-15-23(21(17-19)11-7-3)27-30(26,29-25)28-24-16-14-20(10-6-2)18-22(24)12-8-4/h5-8,13-18H,1-4,9-12H2. The van der Waals surface area contributed by atoms with Crippen LogP contribution in [0.4, 0.5) is 0 Å². The van der Waals surface area contributed by atoms with Gasteiger partial charge in [-0.15, -0.1) is 26.3 Å². The molecule has 0 unspecified atom stereocenters. The molecule has 4 nitrogen and oxygen atoms in total. The zero-order valence-electron chi connectivity index (χ0n) is 16.9. The highest BCUT2D eigenvalue weighted by Gasteiger charge is 2.32. The highest BCUT2D eigenvalue weighted by atomic mass is 35.5. The third kappa shape index (κ3) is 6.50. The van der Waals surface area contributed by atoms with Gasteiger partial charge in [-0.25, -0.2) is 4.57 Å². The second-order valence-electron chi connectivity index (χ2n) is 6.55. The number of hydrogen-bond acceptors (Lipinski definition) is 4. The molecule has 0 saturated heterocycles. The van der Waals surface area contributed by atoms with E-state index >= 15 is 0 Å². The lowest BCUT2D eigenvalue weighted by molar-refractivity contribution is 0.306. The van der Waals surface area contributed by atoms with Crippen LogP contribution < -0.4 is 9.05 Å². The summed E-state index contributed by atoms with van der Waals surface area (Å²) in [6.45, 7) is 15.0. The molecule has 0 bridgehead atoms. The molecule has 2 aromatic rings. The lowest BCUT2D eigenvalue weighted by atomic mass is 10.0. The van der Waals surface area contributed by atoms with Crippen molar-refractivity contribution in [3.05, 3.63) is 109 Å². The fraction of sp³-hybridized carbons (Fsp3) is 0.167. The van der Waals surface area contributed by atoms with E-state index in [0.717, 1.165) is 22.3 Å². The van der Waals surface area contributed by atoms with Gasteiger partial charge in [-0.05, 0) is 60.1 Å². The van der Waals surface area contributed by atoms with Crippen molar-refractivity contribution < 1.29 is 17.7 Å². The van der Waals surface area contributed by atoms with E-state index in [1.54, 1.807) is 36.4 Å². The van der Waals surface area contributed by atoms with E-state index in [1.807, 2.05) is 24.3 Å². The van der Waals surface area contributed by atoms with Crippen molar-refractivity contribution in [3.8, 4) is 11.5 Å². The van der Waals surface area contributed by atoms with Crippen molar-refractivity contribution >= 4 is 19.7 Å². The van der Waals surface area contributed by atoms with Crippen molar-refractivity contribution in [2.24, 2.45) is 0 Å². The van der Waals surface area contributed by atoms with Crippen LogP contribution in [0.5, 0.6) is 11.5 Å². The maximum absolute atomic E-state index is 13.2. The van der Waals surface area contributed by atoms with Crippen molar-refractivity contribution in [3.63, 3.8) is 0 Å². The minimum Gasteiger partial charge on any atom is -0.394 e. The first-order valence-electron chi connectivity index (χ1n) is 9.45. The molecule has 0 fully saturated rings. The molecule has 0 aromatic heterocycles. The summed E-state index contributed by atoms with van der Waals surface area (Å²) in [7, 11) is -4.15. The molecule has 0 atom stereocenters. The summed E-state index contributed by atoms with van der Waals surface area (Å²) in [6, 6.07) is 11.0. The molecule has 30 heavy (non-hydrogen) atoms. The number of phosphoric acid groups is 1. The topological polar surface area (TPSA) is 44.8 Å². The maximum atomic E-state index is 13.2. The normalized spacial score (nSPS) is 10.8. The van der Waals surface area contributed by atoms with Crippen LogP contribution >= 0.6 is 19.7 Å². The fourth-order valence-corrected chi connectivity index (χ4v) is 4.05. The molecule has 0 radical (unpaired) electrons. The Morgan fingerprint density at radius 1 is 0.733 bits per heavy atom. The van der Waals surface area contributed by atoms with E-state index < -0.39 is 7.82 Å². The Morgan fingerprint density at radius 3 is 1.47 bits per heavy atom. The van der Waals surface area contributed by atoms with E-state index in [0.29, 0.717) is 37.2 Å². The summed E-state index contributed by atoms with van der Waals surface area (Å²) < 4.78 is 29.1. The molecule has 0 heterocycles. The number of phosphoric ester groups is 1. The van der Waals surface area contributed by atoms with Crippen molar-refractivity contribution in [1.29, 1.82) is 0 Å². The van der Waals surface area contributed by atoms with Gasteiger partial charge < -0.3 is 9.05 Å². The van der Waals surface area contributed by atoms with E-state index in [4.69, 9.17) is 20.9 Å². The Bertz CT molecular complexity index is 894. The first-order valence-corrected chi connectivity index (χ1v) is 11.2. The van der Waals surface area contributed by atoms with Gasteiger partial charge in [0.15, 0.2) is 0 Å². The van der Waals surface area contributed by atoms with Gasteiger partial charge in [-0.2, -0.15) is 4.08 Å².